The number of likely N-dealkylation sites (tertiary alicyclic amines) is 1. The summed E-state index contributed by atoms with van der Waals surface area (Å²) < 4.78 is 5.14. The molecular weight excluding hydrogens is 346 g/mol. The van der Waals surface area contributed by atoms with Crippen LogP contribution in [0, 0.1) is 5.92 Å². The number of anilines is 1. The molecular formula is C20H30N3O4+. The zero-order valence-electron chi connectivity index (χ0n) is 16.0. The molecule has 1 aromatic carbocycles. The fourth-order valence-electron chi connectivity index (χ4n) is 3.98. The van der Waals surface area contributed by atoms with Gasteiger partial charge in [-0.3, -0.25) is 9.59 Å². The third kappa shape index (κ3) is 5.13. The number of carbonyl (C=O) groups excluding carboxylic acids is 2. The van der Waals surface area contributed by atoms with Gasteiger partial charge in [0.1, 0.15) is 11.7 Å². The Kier molecular flexibility index (Phi) is 6.55. The zero-order chi connectivity index (χ0) is 19.2. The van der Waals surface area contributed by atoms with Gasteiger partial charge in [-0.25, -0.2) is 0 Å². The first kappa shape index (κ1) is 19.5. The monoisotopic (exact) mass is 376 g/mol. The summed E-state index contributed by atoms with van der Waals surface area (Å²) in [5.41, 5.74) is 1.07. The van der Waals surface area contributed by atoms with Crippen molar-refractivity contribution in [1.82, 2.24) is 4.90 Å². The molecule has 27 heavy (non-hydrogen) atoms. The first-order chi connectivity index (χ1) is 13.1. The summed E-state index contributed by atoms with van der Waals surface area (Å²) >= 11 is 0. The average molecular weight is 376 g/mol. The van der Waals surface area contributed by atoms with Gasteiger partial charge in [-0.1, -0.05) is 0 Å². The van der Waals surface area contributed by atoms with Crippen molar-refractivity contribution in [2.45, 2.75) is 19.8 Å². The molecule has 2 aliphatic heterocycles. The number of esters is 1. The Morgan fingerprint density at radius 2 is 1.89 bits per heavy atom. The summed E-state index contributed by atoms with van der Waals surface area (Å²) in [6.45, 7) is 7.31. The topological polar surface area (TPSA) is 74.5 Å². The molecule has 2 fully saturated rings. The number of aromatic hydroxyl groups is 1. The Morgan fingerprint density at radius 1 is 1.19 bits per heavy atom. The Balaban J connectivity index is 1.46. The minimum absolute atomic E-state index is 0.0761. The molecule has 1 aromatic rings. The van der Waals surface area contributed by atoms with Crippen molar-refractivity contribution in [1.29, 1.82) is 0 Å². The summed E-state index contributed by atoms with van der Waals surface area (Å²) in [4.78, 5) is 30.0. The molecule has 2 saturated heterocycles. The number of phenolic OH excluding ortho intramolecular Hbond substituents is 1. The highest BCUT2D eigenvalue weighted by Crippen LogP contribution is 2.19. The number of amides is 1. The molecule has 0 radical (unpaired) electrons. The lowest BCUT2D eigenvalue weighted by atomic mass is 9.98. The Labute approximate surface area is 160 Å². The highest BCUT2D eigenvalue weighted by atomic mass is 16.5. The van der Waals surface area contributed by atoms with Crippen LogP contribution >= 0.6 is 0 Å². The first-order valence-electron chi connectivity index (χ1n) is 9.88. The number of ether oxygens (including phenoxy) is 1. The average Bonchev–Trinajstić information content (AvgIpc) is 2.69. The number of hydrogen-bond donors (Lipinski definition) is 2. The van der Waals surface area contributed by atoms with E-state index < -0.39 is 0 Å². The van der Waals surface area contributed by atoms with Gasteiger partial charge in [0, 0.05) is 31.9 Å². The van der Waals surface area contributed by atoms with Crippen LogP contribution in [0.3, 0.4) is 0 Å². The second-order valence-electron chi connectivity index (χ2n) is 7.36. The summed E-state index contributed by atoms with van der Waals surface area (Å²) in [7, 11) is 0. The van der Waals surface area contributed by atoms with E-state index in [-0.39, 0.29) is 23.5 Å². The van der Waals surface area contributed by atoms with Crippen LogP contribution in [-0.4, -0.2) is 74.3 Å². The second-order valence-corrected chi connectivity index (χ2v) is 7.36. The Hall–Kier alpha value is -2.28. The van der Waals surface area contributed by atoms with E-state index in [4.69, 9.17) is 4.74 Å². The zero-order valence-corrected chi connectivity index (χ0v) is 16.0. The number of carbonyl (C=O) groups is 2. The van der Waals surface area contributed by atoms with Crippen molar-refractivity contribution in [2.24, 2.45) is 5.92 Å². The summed E-state index contributed by atoms with van der Waals surface area (Å²) in [6, 6.07) is 7.18. The van der Waals surface area contributed by atoms with Gasteiger partial charge in [0.25, 0.3) is 5.91 Å². The predicted molar refractivity (Wildman–Crippen MR) is 102 cm³/mol. The number of piperazine rings is 1. The van der Waals surface area contributed by atoms with Gasteiger partial charge in [-0.15, -0.1) is 0 Å². The number of piperidine rings is 1. The maximum atomic E-state index is 12.7. The van der Waals surface area contributed by atoms with E-state index in [2.05, 4.69) is 4.90 Å². The molecule has 0 spiro atoms. The number of hydrogen-bond acceptors (Lipinski definition) is 5. The van der Waals surface area contributed by atoms with Crippen molar-refractivity contribution in [3.63, 3.8) is 0 Å². The van der Waals surface area contributed by atoms with Crippen LogP contribution in [0.5, 0.6) is 5.75 Å². The highest BCUT2D eigenvalue weighted by molar-refractivity contribution is 5.77. The smallest absolute Gasteiger partial charge is 0.314 e. The number of rotatable bonds is 5. The molecule has 7 nitrogen and oxygen atoms in total. The third-order valence-corrected chi connectivity index (χ3v) is 5.49. The van der Waals surface area contributed by atoms with Crippen molar-refractivity contribution in [2.75, 3.05) is 57.3 Å². The lowest BCUT2D eigenvalue weighted by molar-refractivity contribution is -0.899. The van der Waals surface area contributed by atoms with E-state index in [0.717, 1.165) is 38.2 Å². The lowest BCUT2D eigenvalue weighted by Gasteiger charge is -2.37. The molecule has 148 valence electrons. The van der Waals surface area contributed by atoms with E-state index in [9.17, 15) is 14.7 Å². The van der Waals surface area contributed by atoms with Gasteiger partial charge in [0.2, 0.25) is 0 Å². The predicted octanol–water partition coefficient (Wildman–Crippen LogP) is -0.101. The molecule has 0 aliphatic carbocycles. The van der Waals surface area contributed by atoms with E-state index in [1.54, 1.807) is 12.1 Å². The van der Waals surface area contributed by atoms with Crippen molar-refractivity contribution in [3.8, 4) is 5.75 Å². The third-order valence-electron chi connectivity index (χ3n) is 5.49. The standard InChI is InChI=1S/C20H29N3O4/c1-2-27-20(26)16-4-3-9-21(14-16)15-19(25)23-12-10-22(11-13-23)17-5-7-18(24)8-6-17/h5-8,16,24H,2-4,9-15H2,1H3/p+1/t16-/m0/s1. The molecule has 2 atom stereocenters. The van der Waals surface area contributed by atoms with Crippen LogP contribution in [0.2, 0.25) is 0 Å². The van der Waals surface area contributed by atoms with Crippen molar-refractivity contribution in [3.05, 3.63) is 24.3 Å². The number of benzene rings is 1. The van der Waals surface area contributed by atoms with Gasteiger partial charge in [-0.2, -0.15) is 0 Å². The van der Waals surface area contributed by atoms with Gasteiger partial charge < -0.3 is 24.5 Å². The normalized spacial score (nSPS) is 23.1. The largest absolute Gasteiger partial charge is 0.508 e. The van der Waals surface area contributed by atoms with E-state index in [0.29, 0.717) is 32.8 Å². The molecule has 0 aromatic heterocycles. The number of nitrogens with one attached hydrogen (secondary N) is 1. The van der Waals surface area contributed by atoms with E-state index >= 15 is 0 Å². The van der Waals surface area contributed by atoms with Crippen molar-refractivity contribution >= 4 is 17.6 Å². The van der Waals surface area contributed by atoms with Gasteiger partial charge in [0.05, 0.1) is 19.7 Å². The molecule has 1 unspecified atom stereocenters. The summed E-state index contributed by atoms with van der Waals surface area (Å²) in [5, 5.41) is 9.41. The van der Waals surface area contributed by atoms with Gasteiger partial charge in [-0.05, 0) is 44.0 Å². The van der Waals surface area contributed by atoms with Crippen LogP contribution in [-0.2, 0) is 14.3 Å². The van der Waals surface area contributed by atoms with Crippen LogP contribution in [0.25, 0.3) is 0 Å². The van der Waals surface area contributed by atoms with Crippen LogP contribution in [0.15, 0.2) is 24.3 Å². The molecule has 2 aliphatic rings. The lowest BCUT2D eigenvalue weighted by Crippen LogP contribution is -3.14. The fraction of sp³-hybridized carbons (Fsp3) is 0.600. The minimum Gasteiger partial charge on any atom is -0.508 e. The van der Waals surface area contributed by atoms with Crippen LogP contribution in [0.4, 0.5) is 5.69 Å². The first-order valence-corrected chi connectivity index (χ1v) is 9.88. The highest BCUT2D eigenvalue weighted by Gasteiger charge is 2.32. The molecule has 3 rings (SSSR count). The van der Waals surface area contributed by atoms with E-state index in [1.807, 2.05) is 24.0 Å². The molecule has 0 saturated carbocycles. The maximum Gasteiger partial charge on any atom is 0.314 e. The molecule has 2 heterocycles. The quantitative estimate of drug-likeness (QED) is 0.702. The van der Waals surface area contributed by atoms with Gasteiger partial charge >= 0.3 is 5.97 Å². The SMILES string of the molecule is CCOC(=O)[C@H]1CCC[NH+](CC(=O)N2CCN(c3ccc(O)cc3)CC2)C1. The summed E-state index contributed by atoms with van der Waals surface area (Å²) in [6.07, 6.45) is 1.82. The Morgan fingerprint density at radius 3 is 2.56 bits per heavy atom. The van der Waals surface area contributed by atoms with Crippen LogP contribution in [0.1, 0.15) is 19.8 Å². The number of nitrogens with zero attached hydrogens (tertiary/aromatic N) is 2. The summed E-state index contributed by atoms with van der Waals surface area (Å²) in [5.74, 6) is 0.232. The molecule has 0 bridgehead atoms. The maximum absolute atomic E-state index is 12.7. The number of phenols is 1. The number of quaternary nitrogens is 1. The minimum atomic E-state index is -0.121. The molecule has 2 N–H and O–H groups in total. The molecule has 7 heteroatoms. The van der Waals surface area contributed by atoms with E-state index in [1.165, 1.54) is 4.90 Å². The van der Waals surface area contributed by atoms with Gasteiger partial charge in [0.15, 0.2) is 6.54 Å². The fourth-order valence-corrected chi connectivity index (χ4v) is 3.98. The van der Waals surface area contributed by atoms with Crippen LogP contribution < -0.4 is 9.80 Å². The Bertz CT molecular complexity index is 641. The van der Waals surface area contributed by atoms with Crippen molar-refractivity contribution < 1.29 is 24.3 Å². The molecule has 1 amide bonds. The second kappa shape index (κ2) is 9.08.